The van der Waals surface area contributed by atoms with E-state index < -0.39 is 0 Å². The number of rotatable bonds is 5. The summed E-state index contributed by atoms with van der Waals surface area (Å²) in [4.78, 5) is 4.23. The highest BCUT2D eigenvalue weighted by Gasteiger charge is 2.24. The molecule has 1 aromatic heterocycles. The molecule has 0 amide bonds. The predicted octanol–water partition coefficient (Wildman–Crippen LogP) is 2.94. The Hall–Kier alpha value is -1.56. The van der Waals surface area contributed by atoms with Crippen molar-refractivity contribution in [2.75, 3.05) is 5.32 Å². The Morgan fingerprint density at radius 1 is 1.56 bits per heavy atom. The Bertz CT molecular complexity index is 373. The number of aromatic nitrogens is 1. The van der Waals surface area contributed by atoms with Gasteiger partial charge in [-0.1, -0.05) is 19.8 Å². The van der Waals surface area contributed by atoms with Gasteiger partial charge in [-0.3, -0.25) is 0 Å². The van der Waals surface area contributed by atoms with Gasteiger partial charge in [0.1, 0.15) is 11.9 Å². The van der Waals surface area contributed by atoms with Gasteiger partial charge in [0.2, 0.25) is 0 Å². The summed E-state index contributed by atoms with van der Waals surface area (Å²) >= 11 is 0. The van der Waals surface area contributed by atoms with Gasteiger partial charge in [-0.15, -0.1) is 0 Å². The molecule has 0 bridgehead atoms. The van der Waals surface area contributed by atoms with Gasteiger partial charge in [0.15, 0.2) is 0 Å². The van der Waals surface area contributed by atoms with Crippen LogP contribution in [-0.2, 0) is 0 Å². The second-order valence-electron chi connectivity index (χ2n) is 4.47. The van der Waals surface area contributed by atoms with E-state index in [1.54, 1.807) is 12.3 Å². The minimum atomic E-state index is 0.521. The molecule has 1 aliphatic carbocycles. The molecule has 0 radical (unpaired) electrons. The highest BCUT2D eigenvalue weighted by molar-refractivity contribution is 5.39. The first-order valence-corrected chi connectivity index (χ1v) is 5.94. The minimum Gasteiger partial charge on any atom is -0.367 e. The van der Waals surface area contributed by atoms with Crippen molar-refractivity contribution in [1.82, 2.24) is 4.98 Å². The van der Waals surface area contributed by atoms with E-state index in [4.69, 9.17) is 5.26 Å². The number of pyridine rings is 1. The molecule has 1 aliphatic rings. The van der Waals surface area contributed by atoms with Crippen LogP contribution in [0.1, 0.15) is 38.2 Å². The first kappa shape index (κ1) is 10.9. The topological polar surface area (TPSA) is 48.7 Å². The zero-order valence-corrected chi connectivity index (χ0v) is 9.61. The summed E-state index contributed by atoms with van der Waals surface area (Å²) in [6.07, 6.45) is 6.76. The molecule has 1 heterocycles. The fraction of sp³-hybridized carbons (Fsp3) is 0.538. The van der Waals surface area contributed by atoms with E-state index in [0.717, 1.165) is 18.2 Å². The van der Waals surface area contributed by atoms with Crippen LogP contribution in [0.4, 0.5) is 5.82 Å². The third-order valence-corrected chi connectivity index (χ3v) is 3.05. The fourth-order valence-electron chi connectivity index (χ4n) is 1.84. The van der Waals surface area contributed by atoms with Gasteiger partial charge in [0, 0.05) is 12.2 Å². The summed E-state index contributed by atoms with van der Waals surface area (Å²) in [5.74, 6) is 1.81. The third-order valence-electron chi connectivity index (χ3n) is 3.05. The molecule has 1 aromatic rings. The van der Waals surface area contributed by atoms with Crippen LogP contribution < -0.4 is 5.32 Å². The van der Waals surface area contributed by atoms with Gasteiger partial charge in [-0.2, -0.15) is 5.26 Å². The van der Waals surface area contributed by atoms with Gasteiger partial charge >= 0.3 is 0 Å². The van der Waals surface area contributed by atoms with Gasteiger partial charge in [0.25, 0.3) is 0 Å². The average Bonchev–Trinajstić information content (AvgIpc) is 3.13. The van der Waals surface area contributed by atoms with Crippen LogP contribution in [-0.4, -0.2) is 11.0 Å². The van der Waals surface area contributed by atoms with Crippen LogP contribution in [0.25, 0.3) is 0 Å². The maximum absolute atomic E-state index is 8.67. The lowest BCUT2D eigenvalue weighted by Crippen LogP contribution is -2.19. The third kappa shape index (κ3) is 2.96. The molecular weight excluding hydrogens is 198 g/mol. The normalized spacial score (nSPS) is 16.5. The first-order chi connectivity index (χ1) is 7.81. The van der Waals surface area contributed by atoms with Crippen LogP contribution in [0.2, 0.25) is 0 Å². The molecule has 2 rings (SSSR count). The molecule has 0 saturated heterocycles. The molecule has 3 heteroatoms. The first-order valence-electron chi connectivity index (χ1n) is 5.94. The molecule has 1 saturated carbocycles. The van der Waals surface area contributed by atoms with E-state index in [-0.39, 0.29) is 0 Å². The molecule has 1 unspecified atom stereocenters. The maximum Gasteiger partial charge on any atom is 0.126 e. The van der Waals surface area contributed by atoms with Crippen molar-refractivity contribution >= 4 is 5.82 Å². The highest BCUT2D eigenvalue weighted by Crippen LogP contribution is 2.34. The molecule has 0 aliphatic heterocycles. The zero-order valence-electron chi connectivity index (χ0n) is 9.61. The molecule has 1 fully saturated rings. The second kappa shape index (κ2) is 4.98. The quantitative estimate of drug-likeness (QED) is 0.821. The number of nitriles is 1. The van der Waals surface area contributed by atoms with Crippen molar-refractivity contribution in [2.45, 2.75) is 38.6 Å². The summed E-state index contributed by atoms with van der Waals surface area (Å²) in [6, 6.07) is 6.28. The van der Waals surface area contributed by atoms with Crippen molar-refractivity contribution in [3.8, 4) is 6.07 Å². The van der Waals surface area contributed by atoms with E-state index in [2.05, 4.69) is 23.3 Å². The summed E-state index contributed by atoms with van der Waals surface area (Å²) in [7, 11) is 0. The van der Waals surface area contributed by atoms with E-state index in [1.807, 2.05) is 6.07 Å². The maximum atomic E-state index is 8.67. The molecule has 0 aromatic carbocycles. The van der Waals surface area contributed by atoms with Crippen molar-refractivity contribution in [3.05, 3.63) is 23.9 Å². The molecule has 16 heavy (non-hydrogen) atoms. The van der Waals surface area contributed by atoms with E-state index in [1.165, 1.54) is 19.3 Å². The van der Waals surface area contributed by atoms with Crippen LogP contribution in [0.15, 0.2) is 18.3 Å². The lowest BCUT2D eigenvalue weighted by atomic mass is 10.1. The van der Waals surface area contributed by atoms with Gasteiger partial charge in [-0.25, -0.2) is 4.98 Å². The smallest absolute Gasteiger partial charge is 0.126 e. The Kier molecular flexibility index (Phi) is 3.40. The van der Waals surface area contributed by atoms with Gasteiger partial charge < -0.3 is 5.32 Å². The van der Waals surface area contributed by atoms with Crippen LogP contribution in [0.3, 0.4) is 0 Å². The Labute approximate surface area is 96.5 Å². The number of nitrogens with one attached hydrogen (secondary N) is 1. The standard InChI is InChI=1S/C13H17N3/c1-2-12(7-10-3-4-10)16-13-6-5-11(8-14)9-15-13/h5-6,9-10,12H,2-4,7H2,1H3,(H,15,16). The summed E-state index contributed by atoms with van der Waals surface area (Å²) in [6.45, 7) is 2.20. The SMILES string of the molecule is CCC(CC1CC1)Nc1ccc(C#N)cn1. The van der Waals surface area contributed by atoms with Crippen molar-refractivity contribution in [3.63, 3.8) is 0 Å². The van der Waals surface area contributed by atoms with E-state index in [9.17, 15) is 0 Å². The van der Waals surface area contributed by atoms with Crippen LogP contribution in [0.5, 0.6) is 0 Å². The lowest BCUT2D eigenvalue weighted by Gasteiger charge is -2.17. The molecule has 1 atom stereocenters. The largest absolute Gasteiger partial charge is 0.367 e. The van der Waals surface area contributed by atoms with Gasteiger partial charge in [-0.05, 0) is 30.9 Å². The zero-order chi connectivity index (χ0) is 11.4. The molecule has 1 N–H and O–H groups in total. The Morgan fingerprint density at radius 2 is 2.38 bits per heavy atom. The van der Waals surface area contributed by atoms with Crippen molar-refractivity contribution in [2.24, 2.45) is 5.92 Å². The molecule has 3 nitrogen and oxygen atoms in total. The fourth-order valence-corrected chi connectivity index (χ4v) is 1.84. The molecule has 84 valence electrons. The summed E-state index contributed by atoms with van der Waals surface area (Å²) in [5.41, 5.74) is 0.612. The number of hydrogen-bond acceptors (Lipinski definition) is 3. The number of hydrogen-bond donors (Lipinski definition) is 1. The molecule has 0 spiro atoms. The Balaban J connectivity index is 1.92. The number of anilines is 1. The highest BCUT2D eigenvalue weighted by atomic mass is 15.0. The minimum absolute atomic E-state index is 0.521. The number of nitrogens with zero attached hydrogens (tertiary/aromatic N) is 2. The van der Waals surface area contributed by atoms with Crippen molar-refractivity contribution < 1.29 is 0 Å². The van der Waals surface area contributed by atoms with Crippen molar-refractivity contribution in [1.29, 1.82) is 5.26 Å². The van der Waals surface area contributed by atoms with Crippen LogP contribution >= 0.6 is 0 Å². The average molecular weight is 215 g/mol. The predicted molar refractivity (Wildman–Crippen MR) is 64.0 cm³/mol. The lowest BCUT2D eigenvalue weighted by molar-refractivity contribution is 0.585. The van der Waals surface area contributed by atoms with E-state index in [0.29, 0.717) is 11.6 Å². The Morgan fingerprint density at radius 3 is 2.88 bits per heavy atom. The van der Waals surface area contributed by atoms with E-state index >= 15 is 0 Å². The molecular formula is C13H17N3. The van der Waals surface area contributed by atoms with Crippen LogP contribution in [0, 0.1) is 17.2 Å². The monoisotopic (exact) mass is 215 g/mol. The summed E-state index contributed by atoms with van der Waals surface area (Å²) < 4.78 is 0. The van der Waals surface area contributed by atoms with Gasteiger partial charge in [0.05, 0.1) is 5.56 Å². The summed E-state index contributed by atoms with van der Waals surface area (Å²) in [5, 5.41) is 12.1. The second-order valence-corrected chi connectivity index (χ2v) is 4.47.